The predicted molar refractivity (Wildman–Crippen MR) is 67.8 cm³/mol. The summed E-state index contributed by atoms with van der Waals surface area (Å²) >= 11 is 0. The van der Waals surface area contributed by atoms with Crippen LogP contribution in [-0.2, 0) is 14.4 Å². The Kier molecular flexibility index (Phi) is 6.68. The Morgan fingerprint density at radius 1 is 1.33 bits per heavy atom. The first kappa shape index (κ1) is 16.7. The number of rotatable bonds is 5. The van der Waals surface area contributed by atoms with Crippen molar-refractivity contribution in [3.05, 3.63) is 0 Å². The van der Waals surface area contributed by atoms with Crippen LogP contribution in [0.4, 0.5) is 4.79 Å². The second-order valence-corrected chi connectivity index (χ2v) is 5.16. The van der Waals surface area contributed by atoms with Gasteiger partial charge in [0, 0.05) is 19.5 Å². The molecule has 0 aromatic rings. The van der Waals surface area contributed by atoms with Crippen LogP contribution in [0.1, 0.15) is 40.5 Å². The number of amides is 2. The van der Waals surface area contributed by atoms with Gasteiger partial charge >= 0.3 is 6.09 Å². The number of hydroxylamine groups is 2. The van der Waals surface area contributed by atoms with Crippen LogP contribution in [0.25, 0.3) is 0 Å². The van der Waals surface area contributed by atoms with Gasteiger partial charge in [-0.3, -0.25) is 9.63 Å². The summed E-state index contributed by atoms with van der Waals surface area (Å²) < 4.78 is 5.11. The second kappa shape index (κ2) is 7.20. The molecule has 2 amide bonds. The highest BCUT2D eigenvalue weighted by atomic mass is 16.7. The Morgan fingerprint density at radius 3 is 2.33 bits per heavy atom. The molecule has 18 heavy (non-hydrogen) atoms. The molecule has 0 saturated carbocycles. The Bertz CT molecular complexity index is 286. The zero-order valence-electron chi connectivity index (χ0n) is 12.1. The molecule has 6 heteroatoms. The van der Waals surface area contributed by atoms with Gasteiger partial charge in [0.15, 0.2) is 0 Å². The van der Waals surface area contributed by atoms with E-state index in [1.54, 1.807) is 27.8 Å². The van der Waals surface area contributed by atoms with Crippen LogP contribution in [0, 0.1) is 0 Å². The predicted octanol–water partition coefficient (Wildman–Crippen LogP) is 1.70. The molecule has 0 radical (unpaired) electrons. The molecular weight excluding hydrogens is 236 g/mol. The van der Waals surface area contributed by atoms with E-state index in [-0.39, 0.29) is 11.9 Å². The number of carbonyl (C=O) groups is 2. The van der Waals surface area contributed by atoms with E-state index in [1.165, 1.54) is 12.2 Å². The van der Waals surface area contributed by atoms with Gasteiger partial charge in [-0.25, -0.2) is 9.86 Å². The van der Waals surface area contributed by atoms with Gasteiger partial charge in [0.2, 0.25) is 5.91 Å². The van der Waals surface area contributed by atoms with E-state index < -0.39 is 11.7 Å². The van der Waals surface area contributed by atoms with E-state index in [4.69, 9.17) is 9.57 Å². The molecule has 106 valence electrons. The smallest absolute Gasteiger partial charge is 0.407 e. The van der Waals surface area contributed by atoms with Crippen LogP contribution in [0.2, 0.25) is 0 Å². The highest BCUT2D eigenvalue weighted by Crippen LogP contribution is 2.07. The number of nitrogens with one attached hydrogen (secondary N) is 1. The minimum absolute atomic E-state index is 0.129. The van der Waals surface area contributed by atoms with Gasteiger partial charge < -0.3 is 10.1 Å². The quantitative estimate of drug-likeness (QED) is 0.764. The lowest BCUT2D eigenvalue weighted by atomic mass is 10.2. The van der Waals surface area contributed by atoms with Crippen LogP contribution in [0.5, 0.6) is 0 Å². The largest absolute Gasteiger partial charge is 0.444 e. The normalized spacial score (nSPS) is 12.8. The summed E-state index contributed by atoms with van der Waals surface area (Å²) in [7, 11) is 2.98. The molecule has 0 fully saturated rings. The molecular formula is C12H24N2O4. The van der Waals surface area contributed by atoms with E-state index in [2.05, 4.69) is 5.32 Å². The first-order chi connectivity index (χ1) is 8.15. The highest BCUT2D eigenvalue weighted by molar-refractivity contribution is 5.75. The molecule has 0 rings (SSSR count). The van der Waals surface area contributed by atoms with Crippen molar-refractivity contribution >= 4 is 12.0 Å². The highest BCUT2D eigenvalue weighted by Gasteiger charge is 2.18. The van der Waals surface area contributed by atoms with E-state index in [0.29, 0.717) is 12.8 Å². The van der Waals surface area contributed by atoms with Gasteiger partial charge in [0.05, 0.1) is 7.11 Å². The molecule has 6 nitrogen and oxygen atoms in total. The third-order valence-corrected chi connectivity index (χ3v) is 2.18. The number of carbonyl (C=O) groups excluding carboxylic acids is 2. The van der Waals surface area contributed by atoms with E-state index >= 15 is 0 Å². The summed E-state index contributed by atoms with van der Waals surface area (Å²) in [4.78, 5) is 27.7. The van der Waals surface area contributed by atoms with Crippen molar-refractivity contribution in [2.24, 2.45) is 0 Å². The minimum Gasteiger partial charge on any atom is -0.444 e. The van der Waals surface area contributed by atoms with Crippen molar-refractivity contribution in [1.29, 1.82) is 0 Å². The van der Waals surface area contributed by atoms with Gasteiger partial charge in [0.1, 0.15) is 5.60 Å². The van der Waals surface area contributed by atoms with Gasteiger partial charge in [-0.05, 0) is 34.1 Å². The lowest BCUT2D eigenvalue weighted by Crippen LogP contribution is -2.38. The number of ether oxygens (including phenoxy) is 1. The van der Waals surface area contributed by atoms with E-state index in [9.17, 15) is 9.59 Å². The lowest BCUT2D eigenvalue weighted by Gasteiger charge is -2.22. The number of hydrogen-bond donors (Lipinski definition) is 1. The van der Waals surface area contributed by atoms with Crippen molar-refractivity contribution in [3.8, 4) is 0 Å². The van der Waals surface area contributed by atoms with E-state index in [1.807, 2.05) is 6.92 Å². The maximum Gasteiger partial charge on any atom is 0.407 e. The molecule has 0 spiro atoms. The maximum atomic E-state index is 11.5. The minimum atomic E-state index is -0.518. The zero-order valence-corrected chi connectivity index (χ0v) is 12.1. The Morgan fingerprint density at radius 2 is 1.89 bits per heavy atom. The average molecular weight is 260 g/mol. The monoisotopic (exact) mass is 260 g/mol. The summed E-state index contributed by atoms with van der Waals surface area (Å²) in [5.41, 5.74) is -0.518. The summed E-state index contributed by atoms with van der Waals surface area (Å²) in [5.74, 6) is -0.129. The SMILES string of the molecule is CON(C)C(=O)CC[C@@H](C)NC(=O)OC(C)(C)C. The molecule has 0 aromatic carbocycles. The maximum absolute atomic E-state index is 11.5. The van der Waals surface area contributed by atoms with Crippen LogP contribution >= 0.6 is 0 Å². The van der Waals surface area contributed by atoms with Crippen LogP contribution < -0.4 is 5.32 Å². The van der Waals surface area contributed by atoms with E-state index in [0.717, 1.165) is 0 Å². The van der Waals surface area contributed by atoms with Crippen molar-refractivity contribution in [1.82, 2.24) is 10.4 Å². The van der Waals surface area contributed by atoms with Gasteiger partial charge in [-0.15, -0.1) is 0 Å². The molecule has 0 aliphatic rings. The Hall–Kier alpha value is -1.30. The summed E-state index contributed by atoms with van der Waals surface area (Å²) in [6, 6.07) is -0.131. The zero-order chi connectivity index (χ0) is 14.3. The van der Waals surface area contributed by atoms with Crippen molar-refractivity contribution in [2.75, 3.05) is 14.2 Å². The van der Waals surface area contributed by atoms with Crippen molar-refractivity contribution < 1.29 is 19.2 Å². The third kappa shape index (κ3) is 7.89. The molecule has 0 aromatic heterocycles. The van der Waals surface area contributed by atoms with Gasteiger partial charge in [0.25, 0.3) is 0 Å². The Labute approximate surface area is 109 Å². The van der Waals surface area contributed by atoms with Crippen LogP contribution in [-0.4, -0.2) is 42.9 Å². The molecule has 0 unspecified atom stereocenters. The first-order valence-corrected chi connectivity index (χ1v) is 5.96. The molecule has 0 aliphatic heterocycles. The van der Waals surface area contributed by atoms with Crippen molar-refractivity contribution in [3.63, 3.8) is 0 Å². The third-order valence-electron chi connectivity index (χ3n) is 2.18. The summed E-state index contributed by atoms with van der Waals surface area (Å²) in [5, 5.41) is 3.84. The number of nitrogens with zero attached hydrogens (tertiary/aromatic N) is 1. The fourth-order valence-electron chi connectivity index (χ4n) is 1.18. The number of hydrogen-bond acceptors (Lipinski definition) is 4. The fourth-order valence-corrected chi connectivity index (χ4v) is 1.18. The topological polar surface area (TPSA) is 67.9 Å². The Balaban J connectivity index is 3.94. The van der Waals surface area contributed by atoms with Crippen molar-refractivity contribution in [2.45, 2.75) is 52.2 Å². The standard InChI is InChI=1S/C12H24N2O4/c1-9(7-8-10(15)14(5)17-6)13-11(16)18-12(2,3)4/h9H,7-8H2,1-6H3,(H,13,16)/t9-/m1/s1. The van der Waals surface area contributed by atoms with Crippen LogP contribution in [0.3, 0.4) is 0 Å². The molecule has 0 bridgehead atoms. The van der Waals surface area contributed by atoms with Gasteiger partial charge in [-0.1, -0.05) is 0 Å². The molecule has 1 atom stereocenters. The molecule has 1 N–H and O–H groups in total. The average Bonchev–Trinajstić information content (AvgIpc) is 2.21. The lowest BCUT2D eigenvalue weighted by molar-refractivity contribution is -0.168. The number of alkyl carbamates (subject to hydrolysis) is 1. The van der Waals surface area contributed by atoms with Crippen LogP contribution in [0.15, 0.2) is 0 Å². The second-order valence-electron chi connectivity index (χ2n) is 5.16. The van der Waals surface area contributed by atoms with Gasteiger partial charge in [-0.2, -0.15) is 0 Å². The molecule has 0 aliphatic carbocycles. The summed E-state index contributed by atoms with van der Waals surface area (Å²) in [6.07, 6.45) is 0.370. The molecule has 0 saturated heterocycles. The fraction of sp³-hybridized carbons (Fsp3) is 0.833. The first-order valence-electron chi connectivity index (χ1n) is 5.96. The summed E-state index contributed by atoms with van der Waals surface area (Å²) in [6.45, 7) is 7.22. The molecule has 0 heterocycles.